The molecule has 2 aromatic heterocycles. The molecule has 0 amide bonds. The predicted molar refractivity (Wildman–Crippen MR) is 72.8 cm³/mol. The smallest absolute Gasteiger partial charge is 0.0991 e. The van der Waals surface area contributed by atoms with Gasteiger partial charge in [0.1, 0.15) is 0 Å². The maximum Gasteiger partial charge on any atom is 0.0991 e. The molecule has 0 spiro atoms. The fourth-order valence-electron chi connectivity index (χ4n) is 1.59. The molecule has 6 heteroatoms. The van der Waals surface area contributed by atoms with Crippen molar-refractivity contribution >= 4 is 34.5 Å². The molecule has 1 N–H and O–H groups in total. The summed E-state index contributed by atoms with van der Waals surface area (Å²) in [6.07, 6.45) is 1.79. The van der Waals surface area contributed by atoms with Crippen LogP contribution in [0, 0.1) is 0 Å². The summed E-state index contributed by atoms with van der Waals surface area (Å²) in [5, 5.41) is 7.52. The number of aromatic nitrogens is 2. The Bertz CT molecular complexity index is 507. The van der Waals surface area contributed by atoms with E-state index < -0.39 is 0 Å². The molecule has 17 heavy (non-hydrogen) atoms. The molecule has 3 nitrogen and oxygen atoms in total. The SMILES string of the molecule is CC(NCc1ccnn1C)c1cc(Cl)sc1Cl. The van der Waals surface area contributed by atoms with E-state index in [4.69, 9.17) is 23.2 Å². The Labute approximate surface area is 114 Å². The van der Waals surface area contributed by atoms with Crippen LogP contribution in [0.2, 0.25) is 8.67 Å². The summed E-state index contributed by atoms with van der Waals surface area (Å²) in [5.41, 5.74) is 2.18. The van der Waals surface area contributed by atoms with Gasteiger partial charge in [0.25, 0.3) is 0 Å². The Kier molecular flexibility index (Phi) is 4.09. The average molecular weight is 290 g/mol. The number of thiophene rings is 1. The van der Waals surface area contributed by atoms with Gasteiger partial charge in [0.15, 0.2) is 0 Å². The van der Waals surface area contributed by atoms with Crippen LogP contribution in [0.15, 0.2) is 18.3 Å². The van der Waals surface area contributed by atoms with E-state index in [1.54, 1.807) is 6.20 Å². The van der Waals surface area contributed by atoms with Gasteiger partial charge in [-0.2, -0.15) is 5.10 Å². The molecule has 1 unspecified atom stereocenters. The Balaban J connectivity index is 2.00. The third kappa shape index (κ3) is 3.01. The fourth-order valence-corrected chi connectivity index (χ4v) is 3.24. The monoisotopic (exact) mass is 289 g/mol. The van der Waals surface area contributed by atoms with Gasteiger partial charge in [0, 0.05) is 25.8 Å². The molecule has 0 aromatic carbocycles. The maximum atomic E-state index is 6.11. The molecule has 2 rings (SSSR count). The third-order valence-electron chi connectivity index (χ3n) is 2.66. The number of rotatable bonds is 4. The molecule has 0 saturated carbocycles. The lowest BCUT2D eigenvalue weighted by molar-refractivity contribution is 0.549. The number of halogens is 2. The highest BCUT2D eigenvalue weighted by Gasteiger charge is 2.13. The summed E-state index contributed by atoms with van der Waals surface area (Å²) in [7, 11) is 1.93. The lowest BCUT2D eigenvalue weighted by Gasteiger charge is -2.13. The minimum Gasteiger partial charge on any atom is -0.304 e. The van der Waals surface area contributed by atoms with Crippen molar-refractivity contribution in [3.8, 4) is 0 Å². The van der Waals surface area contributed by atoms with Crippen molar-refractivity contribution in [2.45, 2.75) is 19.5 Å². The van der Waals surface area contributed by atoms with Gasteiger partial charge >= 0.3 is 0 Å². The van der Waals surface area contributed by atoms with Gasteiger partial charge in [-0.3, -0.25) is 4.68 Å². The highest BCUT2D eigenvalue weighted by molar-refractivity contribution is 7.20. The molecule has 2 aromatic rings. The second kappa shape index (κ2) is 5.40. The van der Waals surface area contributed by atoms with Crippen molar-refractivity contribution in [3.63, 3.8) is 0 Å². The highest BCUT2D eigenvalue weighted by atomic mass is 35.5. The van der Waals surface area contributed by atoms with Gasteiger partial charge < -0.3 is 5.32 Å². The highest BCUT2D eigenvalue weighted by Crippen LogP contribution is 2.34. The van der Waals surface area contributed by atoms with Crippen molar-refractivity contribution in [1.82, 2.24) is 15.1 Å². The zero-order chi connectivity index (χ0) is 12.4. The first-order chi connectivity index (χ1) is 8.08. The largest absolute Gasteiger partial charge is 0.304 e. The summed E-state index contributed by atoms with van der Waals surface area (Å²) in [4.78, 5) is 0. The average Bonchev–Trinajstić information content (AvgIpc) is 2.81. The Morgan fingerprint density at radius 2 is 2.29 bits per heavy atom. The Morgan fingerprint density at radius 1 is 1.53 bits per heavy atom. The second-order valence-electron chi connectivity index (χ2n) is 3.83. The van der Waals surface area contributed by atoms with Crippen molar-refractivity contribution in [2.24, 2.45) is 7.05 Å². The topological polar surface area (TPSA) is 29.9 Å². The van der Waals surface area contributed by atoms with Crippen molar-refractivity contribution in [2.75, 3.05) is 0 Å². The summed E-state index contributed by atoms with van der Waals surface area (Å²) < 4.78 is 3.32. The maximum absolute atomic E-state index is 6.11. The van der Waals surface area contributed by atoms with E-state index in [-0.39, 0.29) is 6.04 Å². The van der Waals surface area contributed by atoms with E-state index in [2.05, 4.69) is 17.3 Å². The summed E-state index contributed by atoms with van der Waals surface area (Å²) in [6, 6.07) is 4.07. The molecular formula is C11H13Cl2N3S. The molecule has 0 aliphatic rings. The van der Waals surface area contributed by atoms with Crippen LogP contribution in [0.1, 0.15) is 24.2 Å². The van der Waals surface area contributed by atoms with Crippen molar-refractivity contribution in [3.05, 3.63) is 38.3 Å². The van der Waals surface area contributed by atoms with Gasteiger partial charge in [0.2, 0.25) is 0 Å². The predicted octanol–water partition coefficient (Wildman–Crippen LogP) is 3.64. The second-order valence-corrected chi connectivity index (χ2v) is 6.11. The van der Waals surface area contributed by atoms with Crippen LogP contribution < -0.4 is 5.32 Å². The van der Waals surface area contributed by atoms with Crippen LogP contribution in [0.25, 0.3) is 0 Å². The minimum absolute atomic E-state index is 0.168. The number of nitrogens with one attached hydrogen (secondary N) is 1. The molecule has 0 aliphatic carbocycles. The number of hydrogen-bond acceptors (Lipinski definition) is 3. The van der Waals surface area contributed by atoms with E-state index in [0.717, 1.165) is 26.5 Å². The first kappa shape index (κ1) is 12.9. The third-order valence-corrected chi connectivity index (χ3v) is 4.18. The summed E-state index contributed by atoms with van der Waals surface area (Å²) >= 11 is 13.4. The van der Waals surface area contributed by atoms with Crippen molar-refractivity contribution in [1.29, 1.82) is 0 Å². The molecule has 0 bridgehead atoms. The van der Waals surface area contributed by atoms with E-state index >= 15 is 0 Å². The van der Waals surface area contributed by atoms with E-state index in [0.29, 0.717) is 0 Å². The van der Waals surface area contributed by atoms with Crippen LogP contribution in [0.4, 0.5) is 0 Å². The molecule has 2 heterocycles. The van der Waals surface area contributed by atoms with Crippen LogP contribution in [0.5, 0.6) is 0 Å². The van der Waals surface area contributed by atoms with Gasteiger partial charge in [0.05, 0.1) is 14.4 Å². The molecule has 0 radical (unpaired) electrons. The van der Waals surface area contributed by atoms with E-state index in [1.807, 2.05) is 23.9 Å². The van der Waals surface area contributed by atoms with Gasteiger partial charge in [-0.05, 0) is 24.6 Å². The standard InChI is InChI=1S/C11H13Cl2N3S/c1-7(9-5-10(12)17-11(9)13)14-6-8-3-4-15-16(8)2/h3-5,7,14H,6H2,1-2H3. The van der Waals surface area contributed by atoms with Crippen molar-refractivity contribution < 1.29 is 0 Å². The quantitative estimate of drug-likeness (QED) is 0.931. The van der Waals surface area contributed by atoms with Crippen LogP contribution >= 0.6 is 34.5 Å². The molecule has 0 aliphatic heterocycles. The normalized spacial score (nSPS) is 12.9. The summed E-state index contributed by atoms with van der Waals surface area (Å²) in [5.74, 6) is 0. The van der Waals surface area contributed by atoms with Gasteiger partial charge in [-0.25, -0.2) is 0 Å². The fraction of sp³-hybridized carbons (Fsp3) is 0.364. The van der Waals surface area contributed by atoms with Crippen LogP contribution in [-0.4, -0.2) is 9.78 Å². The zero-order valence-corrected chi connectivity index (χ0v) is 11.9. The first-order valence-electron chi connectivity index (χ1n) is 5.23. The Hall–Kier alpha value is -0.550. The first-order valence-corrected chi connectivity index (χ1v) is 6.80. The Morgan fingerprint density at radius 3 is 2.82 bits per heavy atom. The molecule has 92 valence electrons. The molecule has 0 fully saturated rings. The zero-order valence-electron chi connectivity index (χ0n) is 9.58. The molecular weight excluding hydrogens is 277 g/mol. The van der Waals surface area contributed by atoms with E-state index in [9.17, 15) is 0 Å². The van der Waals surface area contributed by atoms with E-state index in [1.165, 1.54) is 11.3 Å². The number of aryl methyl sites for hydroxylation is 1. The lowest BCUT2D eigenvalue weighted by atomic mass is 10.2. The lowest BCUT2D eigenvalue weighted by Crippen LogP contribution is -2.19. The van der Waals surface area contributed by atoms with Crippen LogP contribution in [-0.2, 0) is 13.6 Å². The van der Waals surface area contributed by atoms with Gasteiger partial charge in [-0.15, -0.1) is 11.3 Å². The number of nitrogens with zero attached hydrogens (tertiary/aromatic N) is 2. The molecule has 0 saturated heterocycles. The minimum atomic E-state index is 0.168. The molecule has 1 atom stereocenters. The number of hydrogen-bond donors (Lipinski definition) is 1. The summed E-state index contributed by atoms with van der Waals surface area (Å²) in [6.45, 7) is 2.82. The van der Waals surface area contributed by atoms with Crippen LogP contribution in [0.3, 0.4) is 0 Å². The van der Waals surface area contributed by atoms with Gasteiger partial charge in [-0.1, -0.05) is 23.2 Å².